The number of rotatable bonds is 5. The van der Waals surface area contributed by atoms with E-state index in [-0.39, 0.29) is 5.57 Å². The van der Waals surface area contributed by atoms with Crippen LogP contribution in [0.3, 0.4) is 0 Å². The highest BCUT2D eigenvalue weighted by atomic mass is 79.9. The van der Waals surface area contributed by atoms with Crippen LogP contribution in [0.15, 0.2) is 46.4 Å². The number of ether oxygens (including phenoxy) is 1. The minimum Gasteiger partial charge on any atom is -0.481 e. The van der Waals surface area contributed by atoms with Gasteiger partial charge in [0.15, 0.2) is 6.61 Å². The van der Waals surface area contributed by atoms with E-state index in [1.54, 1.807) is 24.3 Å². The number of urea groups is 1. The van der Waals surface area contributed by atoms with Crippen LogP contribution in [0.25, 0.3) is 6.08 Å². The summed E-state index contributed by atoms with van der Waals surface area (Å²) in [5.41, 5.74) is 2.38. The quantitative estimate of drug-likeness (QED) is 0.510. The third-order valence-electron chi connectivity index (χ3n) is 4.18. The number of barbiturate groups is 1. The molecule has 30 heavy (non-hydrogen) atoms. The van der Waals surface area contributed by atoms with Crippen LogP contribution in [0.4, 0.5) is 10.5 Å². The first-order valence-electron chi connectivity index (χ1n) is 8.79. The summed E-state index contributed by atoms with van der Waals surface area (Å²) < 4.78 is 5.58. The molecule has 2 aromatic rings. The minimum absolute atomic E-state index is 0.208. The number of aryl methyl sites for hydroxylation is 2. The minimum atomic E-state index is -1.12. The summed E-state index contributed by atoms with van der Waals surface area (Å²) in [6.45, 7) is 3.18. The SMILES string of the molecule is Cc1cc(C)cc(N2C(=O)NC(=O)C(=Cc3ccc(OCC(=O)O)c(Br)c3)C2=O)c1. The highest BCUT2D eigenvalue weighted by Crippen LogP contribution is 2.28. The highest BCUT2D eigenvalue weighted by molar-refractivity contribution is 9.10. The second-order valence-corrected chi connectivity index (χ2v) is 7.53. The molecule has 0 atom stereocenters. The number of carboxylic acids is 1. The zero-order chi connectivity index (χ0) is 22.0. The lowest BCUT2D eigenvalue weighted by atomic mass is 10.1. The Morgan fingerprint density at radius 2 is 1.80 bits per heavy atom. The lowest BCUT2D eigenvalue weighted by Crippen LogP contribution is -2.54. The molecule has 0 aliphatic carbocycles. The summed E-state index contributed by atoms with van der Waals surface area (Å²) in [6.07, 6.45) is 1.35. The Bertz CT molecular complexity index is 1090. The molecule has 1 heterocycles. The van der Waals surface area contributed by atoms with Gasteiger partial charge in [0, 0.05) is 0 Å². The van der Waals surface area contributed by atoms with Crippen LogP contribution in [-0.2, 0) is 14.4 Å². The van der Waals surface area contributed by atoms with E-state index >= 15 is 0 Å². The van der Waals surface area contributed by atoms with Crippen LogP contribution in [0.5, 0.6) is 5.75 Å². The van der Waals surface area contributed by atoms with E-state index in [2.05, 4.69) is 21.2 Å². The lowest BCUT2D eigenvalue weighted by Gasteiger charge is -2.27. The number of benzene rings is 2. The van der Waals surface area contributed by atoms with E-state index in [0.717, 1.165) is 16.0 Å². The predicted molar refractivity (Wildman–Crippen MR) is 112 cm³/mol. The molecule has 2 aromatic carbocycles. The highest BCUT2D eigenvalue weighted by Gasteiger charge is 2.37. The number of amides is 4. The molecule has 3 rings (SSSR count). The molecule has 8 nitrogen and oxygen atoms in total. The maximum atomic E-state index is 13.0. The van der Waals surface area contributed by atoms with Gasteiger partial charge >= 0.3 is 12.0 Å². The van der Waals surface area contributed by atoms with Crippen molar-refractivity contribution in [3.63, 3.8) is 0 Å². The number of carboxylic acid groups (broad SMARTS) is 1. The summed E-state index contributed by atoms with van der Waals surface area (Å²) >= 11 is 3.27. The van der Waals surface area contributed by atoms with E-state index < -0.39 is 30.4 Å². The van der Waals surface area contributed by atoms with E-state index in [1.165, 1.54) is 12.1 Å². The number of hydrogen-bond donors (Lipinski definition) is 2. The van der Waals surface area contributed by atoms with Gasteiger partial charge in [-0.3, -0.25) is 14.9 Å². The van der Waals surface area contributed by atoms with Gasteiger partial charge in [-0.15, -0.1) is 0 Å². The summed E-state index contributed by atoms with van der Waals surface area (Å²) in [5.74, 6) is -2.36. The summed E-state index contributed by atoms with van der Waals surface area (Å²) in [7, 11) is 0. The number of halogens is 1. The number of nitrogens with zero attached hydrogens (tertiary/aromatic N) is 1. The Kier molecular flexibility index (Phi) is 6.02. The summed E-state index contributed by atoms with van der Waals surface area (Å²) in [5, 5.41) is 10.9. The maximum Gasteiger partial charge on any atom is 0.341 e. The first kappa shape index (κ1) is 21.3. The van der Waals surface area contributed by atoms with Gasteiger partial charge in [-0.1, -0.05) is 12.1 Å². The average molecular weight is 473 g/mol. The number of carbonyl (C=O) groups excluding carboxylic acids is 3. The van der Waals surface area contributed by atoms with Crippen LogP contribution in [0.1, 0.15) is 16.7 Å². The fraction of sp³-hybridized carbons (Fsp3) is 0.143. The zero-order valence-corrected chi connectivity index (χ0v) is 17.6. The van der Waals surface area contributed by atoms with Crippen LogP contribution in [-0.4, -0.2) is 35.5 Å². The maximum absolute atomic E-state index is 13.0. The molecule has 154 valence electrons. The van der Waals surface area contributed by atoms with E-state index in [0.29, 0.717) is 21.5 Å². The Balaban J connectivity index is 1.94. The third kappa shape index (κ3) is 4.57. The standard InChI is InChI=1S/C21H17BrN2O6/c1-11-5-12(2)7-14(6-11)24-20(28)15(19(27)23-21(24)29)8-13-3-4-17(16(22)9-13)30-10-18(25)26/h3-9H,10H2,1-2H3,(H,25,26)(H,23,27,29). The second-order valence-electron chi connectivity index (χ2n) is 6.68. The van der Waals surface area contributed by atoms with E-state index in [1.807, 2.05) is 19.9 Å². The number of aliphatic carboxylic acids is 1. The molecule has 2 N–H and O–H groups in total. The molecule has 0 saturated carbocycles. The van der Waals surface area contributed by atoms with Crippen LogP contribution >= 0.6 is 15.9 Å². The lowest BCUT2D eigenvalue weighted by molar-refractivity contribution is -0.139. The molecule has 0 unspecified atom stereocenters. The summed E-state index contributed by atoms with van der Waals surface area (Å²) in [4.78, 5) is 49.2. The number of anilines is 1. The Morgan fingerprint density at radius 3 is 2.40 bits per heavy atom. The topological polar surface area (TPSA) is 113 Å². The first-order chi connectivity index (χ1) is 14.2. The van der Waals surface area contributed by atoms with Gasteiger partial charge in [0.1, 0.15) is 11.3 Å². The van der Waals surface area contributed by atoms with Crippen molar-refractivity contribution in [3.8, 4) is 5.75 Å². The molecule has 1 saturated heterocycles. The molecular formula is C21H17BrN2O6. The van der Waals surface area contributed by atoms with Crippen molar-refractivity contribution in [1.82, 2.24) is 5.32 Å². The van der Waals surface area contributed by atoms with Crippen molar-refractivity contribution in [2.45, 2.75) is 13.8 Å². The van der Waals surface area contributed by atoms with Crippen molar-refractivity contribution in [1.29, 1.82) is 0 Å². The van der Waals surface area contributed by atoms with Crippen molar-refractivity contribution in [3.05, 3.63) is 63.1 Å². The zero-order valence-electron chi connectivity index (χ0n) is 16.1. The molecule has 1 aliphatic heterocycles. The normalized spacial score (nSPS) is 15.4. The van der Waals surface area contributed by atoms with E-state index in [9.17, 15) is 19.2 Å². The molecular weight excluding hydrogens is 456 g/mol. The molecule has 9 heteroatoms. The first-order valence-corrected chi connectivity index (χ1v) is 9.59. The molecule has 1 aliphatic rings. The van der Waals surface area contributed by atoms with Crippen molar-refractivity contribution in [2.24, 2.45) is 0 Å². The Hall–Kier alpha value is -3.46. The monoisotopic (exact) mass is 472 g/mol. The molecule has 0 spiro atoms. The van der Waals surface area contributed by atoms with Gasteiger partial charge in [-0.05, 0) is 76.8 Å². The molecule has 4 amide bonds. The fourth-order valence-corrected chi connectivity index (χ4v) is 3.51. The largest absolute Gasteiger partial charge is 0.481 e. The Morgan fingerprint density at radius 1 is 1.13 bits per heavy atom. The second kappa shape index (κ2) is 8.50. The summed E-state index contributed by atoms with van der Waals surface area (Å²) in [6, 6.07) is 9.10. The fourth-order valence-electron chi connectivity index (χ4n) is 3.00. The van der Waals surface area contributed by atoms with E-state index in [4.69, 9.17) is 9.84 Å². The van der Waals surface area contributed by atoms with Crippen LogP contribution in [0, 0.1) is 13.8 Å². The van der Waals surface area contributed by atoms with Crippen LogP contribution < -0.4 is 15.0 Å². The van der Waals surface area contributed by atoms with Gasteiger partial charge in [-0.2, -0.15) is 0 Å². The van der Waals surface area contributed by atoms with Crippen LogP contribution in [0.2, 0.25) is 0 Å². The number of hydrogen-bond acceptors (Lipinski definition) is 5. The van der Waals surface area contributed by atoms with Gasteiger partial charge < -0.3 is 9.84 Å². The van der Waals surface area contributed by atoms with Crippen molar-refractivity contribution >= 4 is 51.5 Å². The molecule has 0 bridgehead atoms. The molecule has 0 aromatic heterocycles. The average Bonchev–Trinajstić information content (AvgIpc) is 2.63. The molecule has 0 radical (unpaired) electrons. The Labute approximate surface area is 180 Å². The van der Waals surface area contributed by atoms with Crippen molar-refractivity contribution in [2.75, 3.05) is 11.5 Å². The van der Waals surface area contributed by atoms with Gasteiger partial charge in [0.25, 0.3) is 11.8 Å². The number of carbonyl (C=O) groups is 4. The number of nitrogens with one attached hydrogen (secondary N) is 1. The number of imide groups is 2. The molecule has 1 fully saturated rings. The van der Waals surface area contributed by atoms with Gasteiger partial charge in [-0.25, -0.2) is 14.5 Å². The smallest absolute Gasteiger partial charge is 0.341 e. The predicted octanol–water partition coefficient (Wildman–Crippen LogP) is 3.20. The van der Waals surface area contributed by atoms with Crippen molar-refractivity contribution < 1.29 is 29.0 Å². The van der Waals surface area contributed by atoms with Gasteiger partial charge in [0.05, 0.1) is 10.2 Å². The third-order valence-corrected chi connectivity index (χ3v) is 4.80. The van der Waals surface area contributed by atoms with Gasteiger partial charge in [0.2, 0.25) is 0 Å².